The first kappa shape index (κ1) is 29.8. The number of methoxy groups -OCH3 is 1. The number of nitrogens with zero attached hydrogens (tertiary/aromatic N) is 1. The second kappa shape index (κ2) is 10.9. The van der Waals surface area contributed by atoms with Crippen LogP contribution in [-0.4, -0.2) is 31.6 Å². The molecule has 0 amide bonds. The summed E-state index contributed by atoms with van der Waals surface area (Å²) in [5.41, 5.74) is 0.857. The van der Waals surface area contributed by atoms with E-state index in [9.17, 15) is 17.6 Å². The van der Waals surface area contributed by atoms with Crippen molar-refractivity contribution in [3.8, 4) is 27.4 Å². The molecule has 8 rings (SSSR count). The van der Waals surface area contributed by atoms with E-state index in [1.165, 1.54) is 56.2 Å². The van der Waals surface area contributed by atoms with E-state index in [4.69, 9.17) is 9.84 Å². The fourth-order valence-corrected chi connectivity index (χ4v) is 10.2. The molecule has 0 aliphatic heterocycles. The number of halogens is 3. The Balaban J connectivity index is 1.13. The summed E-state index contributed by atoms with van der Waals surface area (Å²) in [5.74, 6) is -2.81. The number of rotatable bonds is 8. The van der Waals surface area contributed by atoms with Crippen LogP contribution >= 0.6 is 11.3 Å². The average molecular weight is 655 g/mol. The van der Waals surface area contributed by atoms with Gasteiger partial charge in [-0.1, -0.05) is 30.3 Å². The number of nitrogens with one attached hydrogen (secondary N) is 1. The summed E-state index contributed by atoms with van der Waals surface area (Å²) in [6, 6.07) is 12.2. The zero-order valence-electron chi connectivity index (χ0n) is 24.1. The Labute approximate surface area is 262 Å². The standard InChI is InChI=1S/C33H29F3N2O5S2/c1-43-27-11-24(32(39)40)25(34)12-26(27)38-45(41,42)28-16-44-31(37-28)23-7-6-22(29(35)30(23)36)20-2-4-21(5-3-20)33-13-17-8-18(14-33)10-19(9-17)15-33/h2-7,11-12,16-19,38H,8-10,13-15H2,1H3,(H,39,40)/t17-,18-,19?,33?/m1/s1. The number of benzene rings is 3. The average Bonchev–Trinajstić information content (AvgIpc) is 3.49. The lowest BCUT2D eigenvalue weighted by Gasteiger charge is -2.57. The lowest BCUT2D eigenvalue weighted by molar-refractivity contribution is -0.00518. The zero-order valence-corrected chi connectivity index (χ0v) is 25.8. The molecule has 0 atom stereocenters. The van der Waals surface area contributed by atoms with Crippen molar-refractivity contribution < 1.29 is 36.2 Å². The molecule has 4 aliphatic carbocycles. The van der Waals surface area contributed by atoms with Crippen LogP contribution in [-0.2, 0) is 15.4 Å². The number of carboxylic acid groups (broad SMARTS) is 1. The first-order valence-corrected chi connectivity index (χ1v) is 17.0. The van der Waals surface area contributed by atoms with Crippen molar-refractivity contribution in [1.29, 1.82) is 0 Å². The Kier molecular flexibility index (Phi) is 7.20. The summed E-state index contributed by atoms with van der Waals surface area (Å²) in [7, 11) is -3.28. The van der Waals surface area contributed by atoms with Gasteiger partial charge in [0.05, 0.1) is 18.4 Å². The predicted molar refractivity (Wildman–Crippen MR) is 163 cm³/mol. The van der Waals surface area contributed by atoms with E-state index >= 15 is 8.78 Å². The first-order chi connectivity index (χ1) is 21.5. The Bertz CT molecular complexity index is 1910. The third-order valence-corrected chi connectivity index (χ3v) is 12.0. The molecule has 4 bridgehead atoms. The van der Waals surface area contributed by atoms with Gasteiger partial charge in [-0.15, -0.1) is 11.3 Å². The van der Waals surface area contributed by atoms with Crippen molar-refractivity contribution in [1.82, 2.24) is 4.98 Å². The molecule has 1 aromatic heterocycles. The number of ether oxygens (including phenoxy) is 1. The van der Waals surface area contributed by atoms with Gasteiger partial charge >= 0.3 is 5.97 Å². The molecule has 12 heteroatoms. The Hall–Kier alpha value is -3.90. The van der Waals surface area contributed by atoms with Crippen molar-refractivity contribution in [2.45, 2.75) is 49.0 Å². The maximum atomic E-state index is 15.5. The highest BCUT2D eigenvalue weighted by Crippen LogP contribution is 2.60. The summed E-state index contributed by atoms with van der Waals surface area (Å²) in [6.45, 7) is 0. The van der Waals surface area contributed by atoms with Gasteiger partial charge < -0.3 is 9.84 Å². The van der Waals surface area contributed by atoms with Crippen LogP contribution in [0.2, 0.25) is 0 Å². The molecule has 0 saturated heterocycles. The monoisotopic (exact) mass is 654 g/mol. The minimum Gasteiger partial charge on any atom is -0.495 e. The minimum absolute atomic E-state index is 0.0742. The molecule has 0 radical (unpaired) electrons. The summed E-state index contributed by atoms with van der Waals surface area (Å²) in [5, 5.41) is 9.67. The van der Waals surface area contributed by atoms with Crippen LogP contribution < -0.4 is 9.46 Å². The molecule has 2 N–H and O–H groups in total. The largest absolute Gasteiger partial charge is 0.495 e. The predicted octanol–water partition coefficient (Wildman–Crippen LogP) is 7.87. The van der Waals surface area contributed by atoms with Crippen molar-refractivity contribution in [3.05, 3.63) is 82.5 Å². The number of carbonyl (C=O) groups is 1. The van der Waals surface area contributed by atoms with Gasteiger partial charge in [-0.05, 0) is 85.0 Å². The van der Waals surface area contributed by atoms with E-state index in [2.05, 4.69) is 21.8 Å². The molecule has 234 valence electrons. The lowest BCUT2D eigenvalue weighted by atomic mass is 9.48. The molecular formula is C33H29F3N2O5S2. The van der Waals surface area contributed by atoms with Crippen LogP contribution in [0.25, 0.3) is 21.7 Å². The van der Waals surface area contributed by atoms with Crippen LogP contribution in [0.15, 0.2) is 58.9 Å². The Morgan fingerprint density at radius 2 is 1.56 bits per heavy atom. The normalized spacial score (nSPS) is 23.7. The molecule has 4 aromatic rings. The quantitative estimate of drug-likeness (QED) is 0.200. The molecule has 0 spiro atoms. The summed E-state index contributed by atoms with van der Waals surface area (Å²) in [4.78, 5) is 15.2. The summed E-state index contributed by atoms with van der Waals surface area (Å²) >= 11 is 0.793. The number of thiazole rings is 1. The van der Waals surface area contributed by atoms with Gasteiger partial charge in [0, 0.05) is 22.6 Å². The van der Waals surface area contributed by atoms with E-state index in [0.29, 0.717) is 11.6 Å². The molecule has 45 heavy (non-hydrogen) atoms. The van der Waals surface area contributed by atoms with Crippen LogP contribution in [0, 0.1) is 35.2 Å². The molecule has 4 saturated carbocycles. The van der Waals surface area contributed by atoms with Gasteiger partial charge in [0.15, 0.2) is 16.7 Å². The molecular weight excluding hydrogens is 626 g/mol. The number of carboxylic acids is 1. The van der Waals surface area contributed by atoms with Gasteiger partial charge in [-0.25, -0.2) is 22.9 Å². The van der Waals surface area contributed by atoms with E-state index in [-0.39, 0.29) is 33.0 Å². The number of anilines is 1. The Morgan fingerprint density at radius 3 is 2.16 bits per heavy atom. The van der Waals surface area contributed by atoms with Crippen molar-refractivity contribution in [3.63, 3.8) is 0 Å². The van der Waals surface area contributed by atoms with Gasteiger partial charge in [0.1, 0.15) is 16.6 Å². The summed E-state index contributed by atoms with van der Waals surface area (Å²) < 4.78 is 78.4. The molecule has 0 unspecified atom stereocenters. The van der Waals surface area contributed by atoms with Crippen molar-refractivity contribution in [2.75, 3.05) is 11.8 Å². The second-order valence-electron chi connectivity index (χ2n) is 12.5. The number of hydrogen-bond donors (Lipinski definition) is 2. The van der Waals surface area contributed by atoms with E-state index < -0.39 is 44.0 Å². The molecule has 7 nitrogen and oxygen atoms in total. The van der Waals surface area contributed by atoms with Crippen LogP contribution in [0.4, 0.5) is 18.9 Å². The van der Waals surface area contributed by atoms with Gasteiger partial charge in [-0.2, -0.15) is 8.42 Å². The van der Waals surface area contributed by atoms with Gasteiger partial charge in [0.2, 0.25) is 0 Å². The molecule has 4 fully saturated rings. The molecule has 4 aliphatic rings. The van der Waals surface area contributed by atoms with Crippen LogP contribution in [0.3, 0.4) is 0 Å². The molecule has 3 aromatic carbocycles. The van der Waals surface area contributed by atoms with E-state index in [1.807, 2.05) is 12.1 Å². The molecule has 1 heterocycles. The number of aromatic nitrogens is 1. The number of aromatic carboxylic acids is 1. The van der Waals surface area contributed by atoms with Crippen LogP contribution in [0.1, 0.15) is 54.4 Å². The minimum atomic E-state index is -4.44. The van der Waals surface area contributed by atoms with Gasteiger partial charge in [-0.3, -0.25) is 4.72 Å². The number of hydrogen-bond acceptors (Lipinski definition) is 6. The fraction of sp³-hybridized carbons (Fsp3) is 0.333. The third-order valence-electron chi connectivity index (χ3n) is 9.68. The fourth-order valence-electron chi connectivity index (χ4n) is 8.07. The van der Waals surface area contributed by atoms with E-state index in [0.717, 1.165) is 47.6 Å². The third kappa shape index (κ3) is 5.17. The zero-order chi connectivity index (χ0) is 31.7. The maximum Gasteiger partial charge on any atom is 0.338 e. The highest BCUT2D eigenvalue weighted by atomic mass is 32.2. The topological polar surface area (TPSA) is 106 Å². The Morgan fingerprint density at radius 1 is 0.956 bits per heavy atom. The second-order valence-corrected chi connectivity index (χ2v) is 15.0. The highest BCUT2D eigenvalue weighted by molar-refractivity contribution is 7.92. The first-order valence-electron chi connectivity index (χ1n) is 14.6. The number of sulfonamides is 1. The smallest absolute Gasteiger partial charge is 0.338 e. The van der Waals surface area contributed by atoms with E-state index in [1.54, 1.807) is 0 Å². The van der Waals surface area contributed by atoms with Crippen molar-refractivity contribution in [2.24, 2.45) is 17.8 Å². The SMILES string of the molecule is COc1cc(C(=O)O)c(F)cc1NS(=O)(=O)c1csc(-c2ccc(-c3ccc(C45CC6C[C@H](C4)C[C@H](C6)C5)cc3)c(F)c2F)n1. The van der Waals surface area contributed by atoms with Gasteiger partial charge in [0.25, 0.3) is 10.0 Å². The lowest BCUT2D eigenvalue weighted by Crippen LogP contribution is -2.48. The highest BCUT2D eigenvalue weighted by Gasteiger charge is 2.51. The van der Waals surface area contributed by atoms with Crippen molar-refractivity contribution >= 4 is 33.0 Å². The summed E-state index contributed by atoms with van der Waals surface area (Å²) in [6.07, 6.45) is 7.65. The maximum absolute atomic E-state index is 15.5. The van der Waals surface area contributed by atoms with Crippen LogP contribution in [0.5, 0.6) is 5.75 Å².